The first kappa shape index (κ1) is 36.4. The van der Waals surface area contributed by atoms with E-state index >= 15 is 0 Å². The van der Waals surface area contributed by atoms with Crippen LogP contribution in [0.3, 0.4) is 0 Å². The Morgan fingerprint density at radius 2 is 1.13 bits per heavy atom. The van der Waals surface area contributed by atoms with Gasteiger partial charge in [-0.05, 0) is 82.4 Å². The van der Waals surface area contributed by atoms with E-state index in [-0.39, 0.29) is 31.0 Å². The maximum Gasteiger partial charge on any atom is 0.337 e. The van der Waals surface area contributed by atoms with Crippen molar-refractivity contribution in [3.63, 3.8) is 0 Å². The number of carbonyl (C=O) groups is 4. The Bertz CT molecular complexity index is 1290. The molecule has 3 rings (SSSR count). The normalized spacial score (nSPS) is 16.5. The first-order valence-electron chi connectivity index (χ1n) is 15.9. The van der Waals surface area contributed by atoms with Gasteiger partial charge in [-0.1, -0.05) is 43.5 Å². The molecule has 0 N–H and O–H groups in total. The fourth-order valence-electron chi connectivity index (χ4n) is 4.86. The molecule has 0 aromatic heterocycles. The van der Waals surface area contributed by atoms with Crippen LogP contribution < -0.4 is 0 Å². The standard InChI is InChI=1S/C36H46O10/c1-25(2)33(37)42-18-12-5-7-14-20-44-35(39)30-29-22-28(24-41-23-27-16-10-9-11-17-27)32(46-29)31(30)36(40)45-21-15-8-6-13-19-43-34(38)26(3)4/h9-11,16-17,22,29,32H,1,3,5-8,12-15,18-21,23-24H2,2,4H3. The van der Waals surface area contributed by atoms with Crippen molar-refractivity contribution in [1.82, 2.24) is 0 Å². The van der Waals surface area contributed by atoms with Gasteiger partial charge in [0.25, 0.3) is 0 Å². The highest BCUT2D eigenvalue weighted by Crippen LogP contribution is 2.40. The predicted octanol–water partition coefficient (Wildman–Crippen LogP) is 5.65. The molecule has 0 saturated heterocycles. The summed E-state index contributed by atoms with van der Waals surface area (Å²) in [6.45, 7) is 12.0. The number of unbranched alkanes of at least 4 members (excludes halogenated alkanes) is 6. The van der Waals surface area contributed by atoms with Crippen LogP contribution in [0.15, 0.2) is 77.4 Å². The van der Waals surface area contributed by atoms with Crippen molar-refractivity contribution in [1.29, 1.82) is 0 Å². The van der Waals surface area contributed by atoms with Crippen molar-refractivity contribution in [2.45, 2.75) is 84.0 Å². The molecule has 0 saturated carbocycles. The lowest BCUT2D eigenvalue weighted by atomic mass is 9.91. The summed E-state index contributed by atoms with van der Waals surface area (Å²) >= 11 is 0. The molecule has 2 atom stereocenters. The lowest BCUT2D eigenvalue weighted by Crippen LogP contribution is -2.26. The van der Waals surface area contributed by atoms with Crippen LogP contribution in [0.1, 0.15) is 70.8 Å². The van der Waals surface area contributed by atoms with E-state index in [1.165, 1.54) is 0 Å². The Kier molecular flexibility index (Phi) is 15.4. The lowest BCUT2D eigenvalue weighted by Gasteiger charge is -2.17. The van der Waals surface area contributed by atoms with Gasteiger partial charge in [-0.2, -0.15) is 0 Å². The highest BCUT2D eigenvalue weighted by molar-refractivity contribution is 6.04. The summed E-state index contributed by atoms with van der Waals surface area (Å²) in [5.74, 6) is -2.00. The Labute approximate surface area is 271 Å². The van der Waals surface area contributed by atoms with Crippen molar-refractivity contribution in [2.75, 3.05) is 33.0 Å². The molecular weight excluding hydrogens is 592 g/mol. The van der Waals surface area contributed by atoms with Crippen LogP contribution >= 0.6 is 0 Å². The summed E-state index contributed by atoms with van der Waals surface area (Å²) in [5.41, 5.74) is 2.86. The van der Waals surface area contributed by atoms with Gasteiger partial charge in [0.15, 0.2) is 0 Å². The van der Waals surface area contributed by atoms with Crippen LogP contribution in [0.4, 0.5) is 0 Å². The molecule has 0 spiro atoms. The van der Waals surface area contributed by atoms with E-state index in [1.807, 2.05) is 36.4 Å². The largest absolute Gasteiger partial charge is 0.462 e. The van der Waals surface area contributed by atoms with Crippen LogP contribution in [0, 0.1) is 0 Å². The molecule has 0 fully saturated rings. The average Bonchev–Trinajstić information content (AvgIpc) is 3.62. The Balaban J connectivity index is 1.48. The third kappa shape index (κ3) is 11.7. The van der Waals surface area contributed by atoms with Crippen molar-refractivity contribution < 1.29 is 47.6 Å². The van der Waals surface area contributed by atoms with Gasteiger partial charge in [0.05, 0.1) is 50.8 Å². The molecule has 10 nitrogen and oxygen atoms in total. The zero-order chi connectivity index (χ0) is 33.3. The zero-order valence-corrected chi connectivity index (χ0v) is 27.0. The van der Waals surface area contributed by atoms with E-state index in [2.05, 4.69) is 13.2 Å². The number of benzene rings is 1. The minimum atomic E-state index is -0.735. The van der Waals surface area contributed by atoms with Gasteiger partial charge in [0, 0.05) is 11.1 Å². The second-order valence-electron chi connectivity index (χ2n) is 11.4. The fourth-order valence-corrected chi connectivity index (χ4v) is 4.86. The van der Waals surface area contributed by atoms with E-state index in [0.717, 1.165) is 36.8 Å². The maximum atomic E-state index is 13.3. The predicted molar refractivity (Wildman–Crippen MR) is 170 cm³/mol. The maximum absolute atomic E-state index is 13.3. The summed E-state index contributed by atoms with van der Waals surface area (Å²) in [6.07, 6.45) is 6.21. The number of hydrogen-bond donors (Lipinski definition) is 0. The van der Waals surface area contributed by atoms with Crippen molar-refractivity contribution in [3.05, 3.63) is 83.0 Å². The number of esters is 4. The van der Waals surface area contributed by atoms with Gasteiger partial charge >= 0.3 is 23.9 Å². The van der Waals surface area contributed by atoms with Crippen molar-refractivity contribution >= 4 is 23.9 Å². The molecular formula is C36H46O10. The molecule has 2 unspecified atom stereocenters. The average molecular weight is 639 g/mol. The van der Waals surface area contributed by atoms with E-state index in [4.69, 9.17) is 28.4 Å². The third-order valence-corrected chi connectivity index (χ3v) is 7.35. The third-order valence-electron chi connectivity index (χ3n) is 7.35. The Morgan fingerprint density at radius 3 is 1.63 bits per heavy atom. The molecule has 2 bridgehead atoms. The number of fused-ring (bicyclic) bond motifs is 2. The topological polar surface area (TPSA) is 124 Å². The lowest BCUT2D eigenvalue weighted by molar-refractivity contribution is -0.142. The van der Waals surface area contributed by atoms with Crippen LogP contribution in [0.2, 0.25) is 0 Å². The molecule has 250 valence electrons. The number of hydrogen-bond acceptors (Lipinski definition) is 10. The molecule has 2 aliphatic rings. The first-order chi connectivity index (χ1) is 22.2. The van der Waals surface area contributed by atoms with Crippen molar-refractivity contribution in [3.8, 4) is 0 Å². The van der Waals surface area contributed by atoms with Crippen LogP contribution in [-0.2, 0) is 54.2 Å². The number of rotatable bonds is 22. The van der Waals surface area contributed by atoms with Gasteiger partial charge in [0.1, 0.15) is 12.2 Å². The highest BCUT2D eigenvalue weighted by Gasteiger charge is 2.48. The molecule has 1 aromatic rings. The quantitative estimate of drug-likeness (QED) is 0.0517. The Morgan fingerprint density at radius 1 is 0.652 bits per heavy atom. The smallest absolute Gasteiger partial charge is 0.337 e. The second kappa shape index (κ2) is 19.5. The van der Waals surface area contributed by atoms with Crippen molar-refractivity contribution in [2.24, 2.45) is 0 Å². The molecule has 2 heterocycles. The van der Waals surface area contributed by atoms with E-state index in [1.54, 1.807) is 13.8 Å². The fraction of sp³-hybridized carbons (Fsp3) is 0.500. The molecule has 2 aliphatic heterocycles. The zero-order valence-electron chi connectivity index (χ0n) is 27.0. The molecule has 1 aromatic carbocycles. The molecule has 0 radical (unpaired) electrons. The minimum absolute atomic E-state index is 0.168. The van der Waals surface area contributed by atoms with Gasteiger partial charge in [-0.15, -0.1) is 0 Å². The number of ether oxygens (including phenoxy) is 6. The van der Waals surface area contributed by atoms with Gasteiger partial charge < -0.3 is 28.4 Å². The summed E-state index contributed by atoms with van der Waals surface area (Å²) in [6, 6.07) is 9.75. The first-order valence-corrected chi connectivity index (χ1v) is 15.9. The minimum Gasteiger partial charge on any atom is -0.462 e. The molecule has 0 aliphatic carbocycles. The summed E-state index contributed by atoms with van der Waals surface area (Å²) in [7, 11) is 0. The van der Waals surface area contributed by atoms with Gasteiger partial charge in [-0.3, -0.25) is 0 Å². The SMILES string of the molecule is C=C(C)C(=O)OCCCCCCOC(=O)C1=C(C(=O)OCCCCCCOC(=O)C(=C)C)C2OC1C=C2COCc1ccccc1. The van der Waals surface area contributed by atoms with E-state index in [0.29, 0.717) is 56.7 Å². The van der Waals surface area contributed by atoms with Gasteiger partial charge in [0.2, 0.25) is 0 Å². The van der Waals surface area contributed by atoms with E-state index < -0.39 is 36.1 Å². The van der Waals surface area contributed by atoms with Gasteiger partial charge in [-0.25, -0.2) is 19.2 Å². The van der Waals surface area contributed by atoms with Crippen LogP contribution in [-0.4, -0.2) is 69.1 Å². The van der Waals surface area contributed by atoms with Crippen LogP contribution in [0.25, 0.3) is 0 Å². The molecule has 10 heteroatoms. The molecule has 0 amide bonds. The van der Waals surface area contributed by atoms with E-state index in [9.17, 15) is 19.2 Å². The van der Waals surface area contributed by atoms with Crippen LogP contribution in [0.5, 0.6) is 0 Å². The second-order valence-corrected chi connectivity index (χ2v) is 11.4. The summed E-state index contributed by atoms with van der Waals surface area (Å²) < 4.78 is 33.2. The Hall–Kier alpha value is -4.02. The summed E-state index contributed by atoms with van der Waals surface area (Å²) in [5, 5.41) is 0. The number of carbonyl (C=O) groups excluding carboxylic acids is 4. The monoisotopic (exact) mass is 638 g/mol. The summed E-state index contributed by atoms with van der Waals surface area (Å²) in [4.78, 5) is 49.4. The molecule has 46 heavy (non-hydrogen) atoms. The highest BCUT2D eigenvalue weighted by atomic mass is 16.6.